The largest absolute Gasteiger partial charge is 0.380 e. The molecule has 0 saturated heterocycles. The summed E-state index contributed by atoms with van der Waals surface area (Å²) < 4.78 is 20.9. The molecule has 0 amide bonds. The molecule has 3 heterocycles. The van der Waals surface area contributed by atoms with Crippen molar-refractivity contribution < 1.29 is 4.21 Å². The monoisotopic (exact) mass is 396 g/mol. The molecule has 0 radical (unpaired) electrons. The molecule has 0 aliphatic rings. The summed E-state index contributed by atoms with van der Waals surface area (Å²) in [5, 5.41) is 14.1. The van der Waals surface area contributed by atoms with Crippen LogP contribution in [0.4, 0.5) is 5.69 Å². The highest BCUT2D eigenvalue weighted by Gasteiger charge is 2.13. The van der Waals surface area contributed by atoms with E-state index in [4.69, 9.17) is 14.9 Å². The standard InChI is InChI=1S/C18H20N8OS/c1-2-26-18-14(11-24-26)15(9-16(25-18)17-21-7-8-22-17)23-10-12-3-5-13(6-4-12)28(19,20)27/h3-9,11H,2,10H2,1H3,(H,21,22)(H,23,25)(H3,19,20,27). The van der Waals surface area contributed by atoms with E-state index >= 15 is 0 Å². The van der Waals surface area contributed by atoms with Crippen molar-refractivity contribution in [2.24, 2.45) is 5.14 Å². The maximum absolute atomic E-state index is 11.6. The molecule has 4 rings (SSSR count). The van der Waals surface area contributed by atoms with Crippen molar-refractivity contribution in [2.45, 2.75) is 24.9 Å². The number of aromatic nitrogens is 5. The lowest BCUT2D eigenvalue weighted by Crippen LogP contribution is -2.10. The van der Waals surface area contributed by atoms with E-state index in [2.05, 4.69) is 20.4 Å². The first-order valence-electron chi connectivity index (χ1n) is 8.71. The Morgan fingerprint density at radius 2 is 2.11 bits per heavy atom. The molecule has 5 N–H and O–H groups in total. The minimum atomic E-state index is -3.20. The lowest BCUT2D eigenvalue weighted by Gasteiger charge is -2.10. The SMILES string of the molecule is CCn1ncc2c(NCc3ccc(S(=N)(N)=O)cc3)cc(-c3ncc[nH]3)nc21. The molecular formula is C18H20N8OS. The van der Waals surface area contributed by atoms with Gasteiger partial charge in [-0.3, -0.25) is 0 Å². The van der Waals surface area contributed by atoms with Crippen LogP contribution in [-0.2, 0) is 23.0 Å². The van der Waals surface area contributed by atoms with Crippen molar-refractivity contribution in [1.82, 2.24) is 24.7 Å². The summed E-state index contributed by atoms with van der Waals surface area (Å²) in [5.41, 5.74) is 3.37. The van der Waals surface area contributed by atoms with Crippen LogP contribution < -0.4 is 10.5 Å². The average molecular weight is 396 g/mol. The van der Waals surface area contributed by atoms with Crippen molar-refractivity contribution >= 4 is 26.6 Å². The third-order valence-electron chi connectivity index (χ3n) is 4.41. The molecule has 0 saturated carbocycles. The summed E-state index contributed by atoms with van der Waals surface area (Å²) in [6.07, 6.45) is 5.25. The van der Waals surface area contributed by atoms with Crippen LogP contribution in [0.5, 0.6) is 0 Å². The second-order valence-corrected chi connectivity index (χ2v) is 7.96. The Bertz CT molecular complexity index is 1210. The topological polar surface area (TPSA) is 138 Å². The van der Waals surface area contributed by atoms with E-state index in [-0.39, 0.29) is 0 Å². The van der Waals surface area contributed by atoms with Gasteiger partial charge >= 0.3 is 0 Å². The number of hydrogen-bond acceptors (Lipinski definition) is 6. The number of H-pyrrole nitrogens is 1. The first-order valence-corrected chi connectivity index (χ1v) is 10.3. The highest BCUT2D eigenvalue weighted by Crippen LogP contribution is 2.27. The predicted molar refractivity (Wildman–Crippen MR) is 108 cm³/mol. The van der Waals surface area contributed by atoms with E-state index in [9.17, 15) is 4.21 Å². The third-order valence-corrected chi connectivity index (χ3v) is 5.38. The van der Waals surface area contributed by atoms with Crippen LogP contribution in [0.1, 0.15) is 12.5 Å². The molecule has 10 heteroatoms. The van der Waals surface area contributed by atoms with Crippen molar-refractivity contribution in [2.75, 3.05) is 5.32 Å². The van der Waals surface area contributed by atoms with Crippen LogP contribution in [-0.4, -0.2) is 28.9 Å². The molecule has 1 unspecified atom stereocenters. The van der Waals surface area contributed by atoms with Gasteiger partial charge in [-0.1, -0.05) is 12.1 Å². The molecule has 9 nitrogen and oxygen atoms in total. The summed E-state index contributed by atoms with van der Waals surface area (Å²) in [6.45, 7) is 3.27. The number of nitrogens with two attached hydrogens (primary N) is 1. The van der Waals surface area contributed by atoms with Crippen LogP contribution in [0.3, 0.4) is 0 Å². The zero-order chi connectivity index (χ0) is 19.7. The molecule has 3 aromatic heterocycles. The van der Waals surface area contributed by atoms with Crippen LogP contribution >= 0.6 is 0 Å². The Morgan fingerprint density at radius 1 is 1.32 bits per heavy atom. The molecule has 1 aromatic carbocycles. The van der Waals surface area contributed by atoms with Gasteiger partial charge < -0.3 is 10.3 Å². The van der Waals surface area contributed by atoms with Gasteiger partial charge in [-0.05, 0) is 30.7 Å². The Kier molecular flexibility index (Phi) is 4.57. The lowest BCUT2D eigenvalue weighted by atomic mass is 10.2. The number of anilines is 1. The number of rotatable bonds is 6. The van der Waals surface area contributed by atoms with Gasteiger partial charge in [0.1, 0.15) is 15.6 Å². The smallest absolute Gasteiger partial charge is 0.160 e. The average Bonchev–Trinajstić information content (AvgIpc) is 3.35. The molecule has 0 aliphatic carbocycles. The molecule has 0 bridgehead atoms. The lowest BCUT2D eigenvalue weighted by molar-refractivity contribution is 0.676. The quantitative estimate of drug-likeness (QED) is 0.397. The van der Waals surface area contributed by atoms with Gasteiger partial charge in [-0.2, -0.15) is 5.10 Å². The van der Waals surface area contributed by atoms with Crippen molar-refractivity contribution in [1.29, 1.82) is 4.78 Å². The first kappa shape index (κ1) is 18.1. The summed E-state index contributed by atoms with van der Waals surface area (Å²) in [4.78, 5) is 12.4. The van der Waals surface area contributed by atoms with E-state index in [1.54, 1.807) is 30.7 Å². The first-order chi connectivity index (χ1) is 13.5. The van der Waals surface area contributed by atoms with E-state index in [0.29, 0.717) is 23.8 Å². The number of nitrogens with one attached hydrogen (secondary N) is 3. The Morgan fingerprint density at radius 3 is 2.75 bits per heavy atom. The normalized spacial score (nSPS) is 13.5. The summed E-state index contributed by atoms with van der Waals surface area (Å²) >= 11 is 0. The minimum Gasteiger partial charge on any atom is -0.380 e. The Labute approximate surface area is 162 Å². The zero-order valence-corrected chi connectivity index (χ0v) is 16.0. The maximum Gasteiger partial charge on any atom is 0.160 e. The van der Waals surface area contributed by atoms with Crippen LogP contribution in [0.25, 0.3) is 22.6 Å². The van der Waals surface area contributed by atoms with E-state index in [0.717, 1.165) is 28.0 Å². The van der Waals surface area contributed by atoms with Gasteiger partial charge in [-0.15, -0.1) is 0 Å². The number of benzene rings is 1. The number of nitrogens with zero attached hydrogens (tertiary/aromatic N) is 4. The number of hydrogen-bond donors (Lipinski definition) is 4. The van der Waals surface area contributed by atoms with E-state index in [1.165, 1.54) is 0 Å². The van der Waals surface area contributed by atoms with Gasteiger partial charge in [0.15, 0.2) is 11.5 Å². The summed E-state index contributed by atoms with van der Waals surface area (Å²) in [6, 6.07) is 8.80. The second-order valence-electron chi connectivity index (χ2n) is 6.29. The van der Waals surface area contributed by atoms with Gasteiger partial charge in [0.2, 0.25) is 0 Å². The van der Waals surface area contributed by atoms with Crippen LogP contribution in [0, 0.1) is 4.78 Å². The summed E-state index contributed by atoms with van der Waals surface area (Å²) in [5.74, 6) is 0.686. The molecule has 28 heavy (non-hydrogen) atoms. The number of aryl methyl sites for hydroxylation is 1. The third kappa shape index (κ3) is 3.47. The van der Waals surface area contributed by atoms with Gasteiger partial charge in [0.25, 0.3) is 0 Å². The second kappa shape index (κ2) is 7.06. The molecular weight excluding hydrogens is 376 g/mol. The molecule has 4 aromatic rings. The zero-order valence-electron chi connectivity index (χ0n) is 15.2. The Balaban J connectivity index is 1.67. The molecule has 1 atom stereocenters. The summed E-state index contributed by atoms with van der Waals surface area (Å²) in [7, 11) is -3.20. The molecule has 144 valence electrons. The van der Waals surface area contributed by atoms with E-state index in [1.807, 2.05) is 29.8 Å². The van der Waals surface area contributed by atoms with Gasteiger partial charge in [0.05, 0.1) is 16.5 Å². The highest BCUT2D eigenvalue weighted by molar-refractivity contribution is 7.90. The number of fused-ring (bicyclic) bond motifs is 1. The van der Waals surface area contributed by atoms with Gasteiger partial charge in [0, 0.05) is 31.2 Å². The highest BCUT2D eigenvalue weighted by atomic mass is 32.2. The van der Waals surface area contributed by atoms with Crippen molar-refractivity contribution in [3.05, 3.63) is 54.5 Å². The van der Waals surface area contributed by atoms with Gasteiger partial charge in [-0.25, -0.2) is 28.8 Å². The molecule has 0 spiro atoms. The maximum atomic E-state index is 11.6. The number of aromatic amines is 1. The molecule has 0 aliphatic heterocycles. The number of pyridine rings is 1. The number of imidazole rings is 1. The minimum absolute atomic E-state index is 0.312. The van der Waals surface area contributed by atoms with Crippen LogP contribution in [0.15, 0.2) is 53.8 Å². The fourth-order valence-electron chi connectivity index (χ4n) is 2.96. The van der Waals surface area contributed by atoms with E-state index < -0.39 is 9.92 Å². The van der Waals surface area contributed by atoms with Crippen molar-refractivity contribution in [3.8, 4) is 11.5 Å². The fourth-order valence-corrected chi connectivity index (χ4v) is 3.50. The fraction of sp³-hybridized carbons (Fsp3) is 0.167. The predicted octanol–water partition coefficient (Wildman–Crippen LogP) is 2.73. The van der Waals surface area contributed by atoms with Crippen LogP contribution in [0.2, 0.25) is 0 Å². The Hall–Kier alpha value is -3.24. The van der Waals surface area contributed by atoms with Crippen molar-refractivity contribution in [3.63, 3.8) is 0 Å². The molecule has 0 fully saturated rings.